The zero-order valence-corrected chi connectivity index (χ0v) is 22.0. The van der Waals surface area contributed by atoms with Gasteiger partial charge in [0.1, 0.15) is 10.8 Å². The summed E-state index contributed by atoms with van der Waals surface area (Å²) >= 11 is 1.35. The predicted molar refractivity (Wildman–Crippen MR) is 136 cm³/mol. The van der Waals surface area contributed by atoms with Crippen LogP contribution in [0.2, 0.25) is 0 Å². The summed E-state index contributed by atoms with van der Waals surface area (Å²) in [5, 5.41) is 4.36. The summed E-state index contributed by atoms with van der Waals surface area (Å²) in [5.41, 5.74) is 8.46. The quantitative estimate of drug-likeness (QED) is 0.426. The number of nitrogens with zero attached hydrogens (tertiary/aromatic N) is 2. The van der Waals surface area contributed by atoms with Crippen LogP contribution in [0.25, 0.3) is 0 Å². The zero-order chi connectivity index (χ0) is 26.3. The van der Waals surface area contributed by atoms with Crippen LogP contribution in [0.3, 0.4) is 0 Å². The summed E-state index contributed by atoms with van der Waals surface area (Å²) < 4.78 is 30.6. The Morgan fingerprint density at radius 1 is 1.17 bits per heavy atom. The largest absolute Gasteiger partial charge is 0.378 e. The van der Waals surface area contributed by atoms with Gasteiger partial charge in [-0.15, -0.1) is 11.3 Å². The van der Waals surface area contributed by atoms with Crippen LogP contribution in [0, 0.1) is 5.92 Å². The molecule has 12 heteroatoms. The van der Waals surface area contributed by atoms with Crippen molar-refractivity contribution < 1.29 is 27.5 Å². The number of ether oxygens (including phenoxy) is 1. The van der Waals surface area contributed by atoms with E-state index in [1.165, 1.54) is 30.1 Å². The fourth-order valence-corrected chi connectivity index (χ4v) is 6.12. The van der Waals surface area contributed by atoms with Crippen LogP contribution in [-0.2, 0) is 41.8 Å². The topological polar surface area (TPSA) is 149 Å². The SMILES string of the molecule is CC(C)(C(=O)N1CCOCC1)S(=O)(=O)C[C@@H](Cc1ccccc1)C(=O)NC(Cc1cscn1)C(N)=O. The standard InChI is InChI=1S/C24H32N4O6S2/c1-24(2,23(31)28-8-10-34-11-9-28)36(32,33)15-18(12-17-6-4-3-5-7-17)22(30)27-20(21(25)29)13-19-14-35-16-26-19/h3-7,14,16,18,20H,8-13,15H2,1-2H3,(H2,25,29)(H,27,30)/t18-,20?/m1/s1. The molecule has 3 N–H and O–H groups in total. The van der Waals surface area contributed by atoms with Crippen LogP contribution in [0.4, 0.5) is 0 Å². The lowest BCUT2D eigenvalue weighted by atomic mass is 9.99. The molecule has 3 rings (SSSR count). The summed E-state index contributed by atoms with van der Waals surface area (Å²) in [5.74, 6) is -3.52. The first-order valence-corrected chi connectivity index (χ1v) is 14.2. The van der Waals surface area contributed by atoms with Gasteiger partial charge in [-0.2, -0.15) is 0 Å². The van der Waals surface area contributed by atoms with Gasteiger partial charge in [0.2, 0.25) is 17.7 Å². The number of amides is 3. The fraction of sp³-hybridized carbons (Fsp3) is 0.500. The van der Waals surface area contributed by atoms with Gasteiger partial charge in [0.25, 0.3) is 0 Å². The number of benzene rings is 1. The Bertz CT molecular complexity index is 1150. The summed E-state index contributed by atoms with van der Waals surface area (Å²) in [7, 11) is -4.10. The highest BCUT2D eigenvalue weighted by molar-refractivity contribution is 7.93. The second-order valence-corrected chi connectivity index (χ2v) is 12.5. The van der Waals surface area contributed by atoms with E-state index in [0.29, 0.717) is 32.0 Å². The molecule has 1 fully saturated rings. The third kappa shape index (κ3) is 6.89. The maximum Gasteiger partial charge on any atom is 0.243 e. The normalized spacial score (nSPS) is 16.2. The molecule has 2 atom stereocenters. The van der Waals surface area contributed by atoms with Crippen molar-refractivity contribution in [3.05, 3.63) is 52.5 Å². The zero-order valence-electron chi connectivity index (χ0n) is 20.4. The smallest absolute Gasteiger partial charge is 0.243 e. The molecule has 2 aromatic rings. The molecule has 1 aliphatic heterocycles. The molecule has 0 aliphatic carbocycles. The summed E-state index contributed by atoms with van der Waals surface area (Å²) in [6.07, 6.45) is 0.201. The van der Waals surface area contributed by atoms with E-state index in [4.69, 9.17) is 10.5 Å². The minimum atomic E-state index is -4.10. The van der Waals surface area contributed by atoms with Gasteiger partial charge in [0, 0.05) is 24.9 Å². The number of aromatic nitrogens is 1. The fourth-order valence-electron chi connectivity index (χ4n) is 3.94. The molecule has 1 unspecified atom stereocenters. The number of sulfone groups is 1. The van der Waals surface area contributed by atoms with Crippen molar-refractivity contribution in [2.75, 3.05) is 32.1 Å². The highest BCUT2D eigenvalue weighted by Crippen LogP contribution is 2.25. The van der Waals surface area contributed by atoms with E-state index < -0.39 is 50.0 Å². The minimum absolute atomic E-state index is 0.0936. The van der Waals surface area contributed by atoms with Gasteiger partial charge in [-0.05, 0) is 25.8 Å². The van der Waals surface area contributed by atoms with Crippen LogP contribution in [0.5, 0.6) is 0 Å². The Balaban J connectivity index is 1.83. The van der Waals surface area contributed by atoms with E-state index in [-0.39, 0.29) is 12.8 Å². The molecule has 0 radical (unpaired) electrons. The first-order chi connectivity index (χ1) is 17.0. The monoisotopic (exact) mass is 536 g/mol. The first-order valence-electron chi connectivity index (χ1n) is 11.6. The second kappa shape index (κ2) is 11.9. The molecule has 1 aromatic carbocycles. The van der Waals surface area contributed by atoms with Gasteiger partial charge >= 0.3 is 0 Å². The van der Waals surface area contributed by atoms with E-state index in [2.05, 4.69) is 10.3 Å². The van der Waals surface area contributed by atoms with E-state index in [0.717, 1.165) is 5.56 Å². The maximum absolute atomic E-state index is 13.6. The average Bonchev–Trinajstić information content (AvgIpc) is 3.36. The van der Waals surface area contributed by atoms with E-state index in [1.54, 1.807) is 35.2 Å². The number of nitrogens with one attached hydrogen (secondary N) is 1. The number of thiazole rings is 1. The van der Waals surface area contributed by atoms with Crippen molar-refractivity contribution in [3.8, 4) is 0 Å². The minimum Gasteiger partial charge on any atom is -0.378 e. The van der Waals surface area contributed by atoms with Crippen LogP contribution in [-0.4, -0.2) is 78.9 Å². The molecule has 0 saturated carbocycles. The van der Waals surface area contributed by atoms with Crippen LogP contribution in [0.15, 0.2) is 41.2 Å². The van der Waals surface area contributed by atoms with Crippen molar-refractivity contribution in [2.24, 2.45) is 11.7 Å². The Labute approximate surface area is 215 Å². The summed E-state index contributed by atoms with van der Waals surface area (Å²) in [6, 6.07) is 7.92. The number of primary amides is 1. The highest BCUT2D eigenvalue weighted by Gasteiger charge is 2.46. The van der Waals surface area contributed by atoms with E-state index in [9.17, 15) is 22.8 Å². The highest BCUT2D eigenvalue weighted by atomic mass is 32.2. The van der Waals surface area contributed by atoms with Gasteiger partial charge in [-0.25, -0.2) is 13.4 Å². The Morgan fingerprint density at radius 3 is 2.42 bits per heavy atom. The molecule has 0 bridgehead atoms. The number of hydrogen-bond donors (Lipinski definition) is 2. The number of hydrogen-bond acceptors (Lipinski definition) is 8. The lowest BCUT2D eigenvalue weighted by molar-refractivity contribution is -0.137. The molecule has 2 heterocycles. The van der Waals surface area contributed by atoms with Gasteiger partial charge in [-0.1, -0.05) is 30.3 Å². The van der Waals surface area contributed by atoms with Crippen molar-refractivity contribution >= 4 is 38.9 Å². The molecule has 196 valence electrons. The van der Waals surface area contributed by atoms with Crippen LogP contribution >= 0.6 is 11.3 Å². The van der Waals surface area contributed by atoms with Gasteiger partial charge in [0.15, 0.2) is 9.84 Å². The molecule has 1 saturated heterocycles. The van der Waals surface area contributed by atoms with Crippen molar-refractivity contribution in [2.45, 2.75) is 37.5 Å². The van der Waals surface area contributed by atoms with Gasteiger partial charge in [0.05, 0.1) is 36.1 Å². The molecular formula is C24H32N4O6S2. The molecule has 3 amide bonds. The maximum atomic E-state index is 13.6. The number of carbonyl (C=O) groups is 3. The Hall–Kier alpha value is -2.83. The average molecular weight is 537 g/mol. The third-order valence-electron chi connectivity index (χ3n) is 6.26. The first kappa shape index (κ1) is 27.8. The number of rotatable bonds is 11. The molecule has 1 aromatic heterocycles. The molecule has 36 heavy (non-hydrogen) atoms. The molecule has 0 spiro atoms. The predicted octanol–water partition coefficient (Wildman–Crippen LogP) is 0.567. The lowest BCUT2D eigenvalue weighted by Gasteiger charge is -2.34. The number of morpholine rings is 1. The van der Waals surface area contributed by atoms with Crippen LogP contribution in [0.1, 0.15) is 25.1 Å². The van der Waals surface area contributed by atoms with Gasteiger partial charge in [-0.3, -0.25) is 14.4 Å². The van der Waals surface area contributed by atoms with E-state index in [1.807, 2.05) is 6.07 Å². The van der Waals surface area contributed by atoms with Gasteiger partial charge < -0.3 is 20.7 Å². The Kier molecular flexibility index (Phi) is 9.20. The van der Waals surface area contributed by atoms with Crippen molar-refractivity contribution in [1.82, 2.24) is 15.2 Å². The third-order valence-corrected chi connectivity index (χ3v) is 9.47. The van der Waals surface area contributed by atoms with Crippen molar-refractivity contribution in [1.29, 1.82) is 0 Å². The lowest BCUT2D eigenvalue weighted by Crippen LogP contribution is -2.55. The second-order valence-electron chi connectivity index (χ2n) is 9.23. The number of nitrogens with two attached hydrogens (primary N) is 1. The number of carbonyl (C=O) groups excluding carboxylic acids is 3. The summed E-state index contributed by atoms with van der Waals surface area (Å²) in [4.78, 5) is 44.2. The van der Waals surface area contributed by atoms with Crippen LogP contribution < -0.4 is 11.1 Å². The Morgan fingerprint density at radius 2 is 1.83 bits per heavy atom. The molecular weight excluding hydrogens is 504 g/mol. The molecule has 1 aliphatic rings. The summed E-state index contributed by atoms with van der Waals surface area (Å²) in [6.45, 7) is 4.03. The molecule has 10 nitrogen and oxygen atoms in total. The van der Waals surface area contributed by atoms with E-state index >= 15 is 0 Å². The van der Waals surface area contributed by atoms with Crippen molar-refractivity contribution in [3.63, 3.8) is 0 Å².